The number of benzene rings is 2. The maximum atomic E-state index is 13.2. The van der Waals surface area contributed by atoms with Gasteiger partial charge in [-0.3, -0.25) is 4.72 Å². The van der Waals surface area contributed by atoms with Crippen molar-refractivity contribution in [2.24, 2.45) is 0 Å². The predicted molar refractivity (Wildman–Crippen MR) is 115 cm³/mol. The number of carbonyl (C=O) groups is 1. The quantitative estimate of drug-likeness (QED) is 0.778. The zero-order valence-corrected chi connectivity index (χ0v) is 18.0. The van der Waals surface area contributed by atoms with Gasteiger partial charge in [0.1, 0.15) is 0 Å². The first kappa shape index (κ1) is 21.1. The van der Waals surface area contributed by atoms with E-state index in [2.05, 4.69) is 14.5 Å². The Morgan fingerprint density at radius 3 is 2.21 bits per heavy atom. The number of nitrogens with zero attached hydrogens (tertiary/aromatic N) is 2. The number of hydrogen-bond acceptors (Lipinski definition) is 5. The first-order valence-electron chi connectivity index (χ1n) is 9.50. The van der Waals surface area contributed by atoms with Gasteiger partial charge in [0.25, 0.3) is 10.0 Å². The smallest absolute Gasteiger partial charge is 0.335 e. The van der Waals surface area contributed by atoms with Gasteiger partial charge in [-0.15, -0.1) is 0 Å². The van der Waals surface area contributed by atoms with Crippen molar-refractivity contribution in [3.8, 4) is 0 Å². The van der Waals surface area contributed by atoms with Crippen LogP contribution >= 0.6 is 0 Å². The van der Waals surface area contributed by atoms with E-state index in [-0.39, 0.29) is 16.1 Å². The van der Waals surface area contributed by atoms with E-state index in [1.807, 2.05) is 27.0 Å². The van der Waals surface area contributed by atoms with Crippen LogP contribution < -0.4 is 9.62 Å². The van der Waals surface area contributed by atoms with Crippen LogP contribution in [0, 0.1) is 20.8 Å². The van der Waals surface area contributed by atoms with E-state index in [1.54, 1.807) is 19.1 Å². The fraction of sp³-hybridized carbons (Fsp3) is 0.381. The summed E-state index contributed by atoms with van der Waals surface area (Å²) in [6, 6.07) is 8.08. The monoisotopic (exact) mass is 417 g/mol. The van der Waals surface area contributed by atoms with Crippen LogP contribution in [0.15, 0.2) is 35.2 Å². The summed E-state index contributed by atoms with van der Waals surface area (Å²) in [6.07, 6.45) is 0. The lowest BCUT2D eigenvalue weighted by Crippen LogP contribution is -2.44. The molecule has 0 aliphatic carbocycles. The Morgan fingerprint density at radius 1 is 0.966 bits per heavy atom. The molecule has 0 atom stereocenters. The fourth-order valence-electron chi connectivity index (χ4n) is 3.50. The summed E-state index contributed by atoms with van der Waals surface area (Å²) < 4.78 is 29.0. The molecule has 7 nitrogen and oxygen atoms in total. The van der Waals surface area contributed by atoms with Crippen molar-refractivity contribution in [2.75, 3.05) is 42.8 Å². The number of carboxylic acid groups (broad SMARTS) is 1. The van der Waals surface area contributed by atoms with Gasteiger partial charge in [0, 0.05) is 26.2 Å². The van der Waals surface area contributed by atoms with E-state index < -0.39 is 16.0 Å². The fourth-order valence-corrected chi connectivity index (χ4v) is 4.87. The maximum absolute atomic E-state index is 13.2. The Bertz CT molecular complexity index is 1040. The number of likely N-dealkylation sites (N-methyl/N-ethyl adjacent to an activating group) is 1. The van der Waals surface area contributed by atoms with Crippen LogP contribution in [0.5, 0.6) is 0 Å². The highest BCUT2D eigenvalue weighted by Crippen LogP contribution is 2.31. The molecule has 1 heterocycles. The van der Waals surface area contributed by atoms with Crippen LogP contribution in [0.1, 0.15) is 27.0 Å². The first-order valence-corrected chi connectivity index (χ1v) is 11.0. The van der Waals surface area contributed by atoms with Crippen LogP contribution in [-0.2, 0) is 10.0 Å². The van der Waals surface area contributed by atoms with Gasteiger partial charge in [-0.05, 0) is 68.8 Å². The van der Waals surface area contributed by atoms with Gasteiger partial charge in [-0.1, -0.05) is 6.07 Å². The Labute approximate surface area is 172 Å². The van der Waals surface area contributed by atoms with Gasteiger partial charge in [0.05, 0.1) is 21.8 Å². The Hall–Kier alpha value is -2.58. The average molecular weight is 418 g/mol. The highest BCUT2D eigenvalue weighted by molar-refractivity contribution is 7.92. The van der Waals surface area contributed by atoms with E-state index in [9.17, 15) is 18.3 Å². The maximum Gasteiger partial charge on any atom is 0.335 e. The zero-order valence-electron chi connectivity index (χ0n) is 17.2. The summed E-state index contributed by atoms with van der Waals surface area (Å²) in [5, 5.41) is 9.37. The number of nitrogens with one attached hydrogen (secondary N) is 1. The number of carboxylic acids is 1. The Kier molecular flexibility index (Phi) is 5.86. The molecule has 8 heteroatoms. The zero-order chi connectivity index (χ0) is 21.3. The number of sulfonamides is 1. The van der Waals surface area contributed by atoms with Gasteiger partial charge >= 0.3 is 5.97 Å². The number of piperazine rings is 1. The van der Waals surface area contributed by atoms with Crippen molar-refractivity contribution in [1.82, 2.24) is 4.90 Å². The number of hydrogen-bond donors (Lipinski definition) is 2. The molecule has 3 rings (SSSR count). The summed E-state index contributed by atoms with van der Waals surface area (Å²) >= 11 is 0. The molecule has 0 unspecified atom stereocenters. The molecule has 0 radical (unpaired) electrons. The average Bonchev–Trinajstić information content (AvgIpc) is 2.65. The van der Waals surface area contributed by atoms with Crippen molar-refractivity contribution in [1.29, 1.82) is 0 Å². The SMILES string of the molecule is Cc1cc(C)c(S(=O)(=O)Nc2cc(C(=O)O)ccc2N2CCN(C)CC2)cc1C. The number of aromatic carboxylic acids is 1. The first-order chi connectivity index (χ1) is 13.6. The molecule has 1 saturated heterocycles. The summed E-state index contributed by atoms with van der Waals surface area (Å²) in [5.74, 6) is -1.10. The van der Waals surface area contributed by atoms with E-state index in [0.29, 0.717) is 11.3 Å². The van der Waals surface area contributed by atoms with E-state index >= 15 is 0 Å². The molecule has 2 N–H and O–H groups in total. The van der Waals surface area contributed by atoms with Crippen LogP contribution in [0.2, 0.25) is 0 Å². The van der Waals surface area contributed by atoms with Crippen molar-refractivity contribution in [2.45, 2.75) is 25.7 Å². The van der Waals surface area contributed by atoms with Crippen molar-refractivity contribution in [3.05, 3.63) is 52.6 Å². The molecule has 2 aromatic carbocycles. The summed E-state index contributed by atoms with van der Waals surface area (Å²) in [6.45, 7) is 8.74. The highest BCUT2D eigenvalue weighted by Gasteiger charge is 2.23. The molecule has 2 aromatic rings. The topological polar surface area (TPSA) is 89.9 Å². The molecular formula is C21H27N3O4S. The Balaban J connectivity index is 2.03. The van der Waals surface area contributed by atoms with Crippen molar-refractivity contribution < 1.29 is 18.3 Å². The molecule has 29 heavy (non-hydrogen) atoms. The minimum Gasteiger partial charge on any atom is -0.478 e. The summed E-state index contributed by atoms with van der Waals surface area (Å²) in [7, 11) is -1.84. The van der Waals surface area contributed by atoms with Gasteiger partial charge in [-0.25, -0.2) is 13.2 Å². The minimum absolute atomic E-state index is 0.0392. The van der Waals surface area contributed by atoms with E-state index in [4.69, 9.17) is 0 Å². The lowest BCUT2D eigenvalue weighted by molar-refractivity contribution is 0.0697. The van der Waals surface area contributed by atoms with E-state index in [0.717, 1.165) is 37.3 Å². The molecule has 0 amide bonds. The second-order valence-electron chi connectivity index (χ2n) is 7.63. The molecule has 0 spiro atoms. The van der Waals surface area contributed by atoms with Crippen LogP contribution in [0.4, 0.5) is 11.4 Å². The van der Waals surface area contributed by atoms with Gasteiger partial charge in [0.15, 0.2) is 0 Å². The lowest BCUT2D eigenvalue weighted by atomic mass is 10.1. The van der Waals surface area contributed by atoms with Crippen LogP contribution in [0.3, 0.4) is 0 Å². The second-order valence-corrected chi connectivity index (χ2v) is 9.29. The molecular weight excluding hydrogens is 390 g/mol. The summed E-state index contributed by atoms with van der Waals surface area (Å²) in [4.78, 5) is 15.9. The highest BCUT2D eigenvalue weighted by atomic mass is 32.2. The predicted octanol–water partition coefficient (Wildman–Crippen LogP) is 2.86. The van der Waals surface area contributed by atoms with Gasteiger partial charge < -0.3 is 14.9 Å². The largest absolute Gasteiger partial charge is 0.478 e. The van der Waals surface area contributed by atoms with Crippen molar-refractivity contribution >= 4 is 27.4 Å². The van der Waals surface area contributed by atoms with Crippen molar-refractivity contribution in [3.63, 3.8) is 0 Å². The Morgan fingerprint density at radius 2 is 1.59 bits per heavy atom. The number of aryl methyl sites for hydroxylation is 3. The second kappa shape index (κ2) is 8.04. The third-order valence-electron chi connectivity index (χ3n) is 5.41. The molecule has 0 bridgehead atoms. The molecule has 0 saturated carbocycles. The normalized spacial score (nSPS) is 15.4. The molecule has 1 aliphatic heterocycles. The van der Waals surface area contributed by atoms with E-state index in [1.165, 1.54) is 12.1 Å². The molecule has 0 aromatic heterocycles. The number of rotatable bonds is 5. The third kappa shape index (κ3) is 4.54. The molecule has 156 valence electrons. The standard InChI is InChI=1S/C21H27N3O4S/c1-14-11-16(3)20(12-15(14)2)29(27,28)22-18-13-17(21(25)26)5-6-19(18)24-9-7-23(4)8-10-24/h5-6,11-13,22H,7-10H2,1-4H3,(H,25,26). The van der Waals surface area contributed by atoms with Gasteiger partial charge in [-0.2, -0.15) is 0 Å². The molecule has 1 fully saturated rings. The third-order valence-corrected chi connectivity index (χ3v) is 6.92. The van der Waals surface area contributed by atoms with Crippen LogP contribution in [-0.4, -0.2) is 57.6 Å². The summed E-state index contributed by atoms with van der Waals surface area (Å²) in [5.41, 5.74) is 3.57. The molecule has 1 aliphatic rings. The van der Waals surface area contributed by atoms with Crippen LogP contribution in [0.25, 0.3) is 0 Å². The lowest BCUT2D eigenvalue weighted by Gasteiger charge is -2.35. The minimum atomic E-state index is -3.88. The number of anilines is 2. The van der Waals surface area contributed by atoms with Gasteiger partial charge in [0.2, 0.25) is 0 Å².